The van der Waals surface area contributed by atoms with Crippen molar-refractivity contribution in [2.45, 2.75) is 0 Å². The van der Waals surface area contributed by atoms with Crippen molar-refractivity contribution in [3.05, 3.63) is 66.0 Å². The number of rotatable bonds is 2. The van der Waals surface area contributed by atoms with Gasteiger partial charge in [0.1, 0.15) is 11.5 Å². The lowest BCUT2D eigenvalue weighted by molar-refractivity contribution is 0.480. The normalized spacial score (nSPS) is 10.0. The highest BCUT2D eigenvalue weighted by Gasteiger charge is 2.03. The molecule has 0 aliphatic rings. The number of para-hydroxylation sites is 1. The van der Waals surface area contributed by atoms with E-state index in [1.165, 1.54) is 0 Å². The summed E-state index contributed by atoms with van der Waals surface area (Å²) in [5, 5.41) is 0.614. The highest BCUT2D eigenvalue weighted by atomic mass is 35.5. The van der Waals surface area contributed by atoms with Crippen LogP contribution in [0.4, 0.5) is 0 Å². The quantitative estimate of drug-likeness (QED) is 0.728. The molecule has 15 heavy (non-hydrogen) atoms. The predicted octanol–water partition coefficient (Wildman–Crippen LogP) is 4.31. The fourth-order valence-corrected chi connectivity index (χ4v) is 1.42. The maximum atomic E-state index is 5.94. The second-order valence-electron chi connectivity index (χ2n) is 3.13. The molecule has 0 saturated carbocycles. The molecule has 0 N–H and O–H groups in total. The maximum absolute atomic E-state index is 5.94. The SMILES string of the molecule is [CH2]c1c(Cl)cccc1Oc1ccccc1. The van der Waals surface area contributed by atoms with Gasteiger partial charge in [0, 0.05) is 10.6 Å². The Balaban J connectivity index is 2.29. The minimum absolute atomic E-state index is 0.614. The van der Waals surface area contributed by atoms with Crippen molar-refractivity contribution in [1.82, 2.24) is 0 Å². The third kappa shape index (κ3) is 2.31. The first-order valence-corrected chi connectivity index (χ1v) is 4.98. The highest BCUT2D eigenvalue weighted by molar-refractivity contribution is 6.31. The number of hydrogen-bond acceptors (Lipinski definition) is 1. The first-order valence-electron chi connectivity index (χ1n) is 4.61. The second kappa shape index (κ2) is 4.37. The van der Waals surface area contributed by atoms with Crippen molar-refractivity contribution in [2.24, 2.45) is 0 Å². The van der Waals surface area contributed by atoms with Crippen LogP contribution in [0, 0.1) is 6.92 Å². The van der Waals surface area contributed by atoms with E-state index in [4.69, 9.17) is 16.3 Å². The van der Waals surface area contributed by atoms with Gasteiger partial charge in [0.05, 0.1) is 0 Å². The van der Waals surface area contributed by atoms with Gasteiger partial charge in [-0.25, -0.2) is 0 Å². The van der Waals surface area contributed by atoms with Crippen molar-refractivity contribution in [2.75, 3.05) is 0 Å². The molecule has 2 aromatic rings. The van der Waals surface area contributed by atoms with Gasteiger partial charge in [-0.1, -0.05) is 35.9 Å². The third-order valence-electron chi connectivity index (χ3n) is 2.05. The zero-order valence-electron chi connectivity index (χ0n) is 8.11. The molecule has 0 fully saturated rings. The second-order valence-corrected chi connectivity index (χ2v) is 3.54. The first-order chi connectivity index (χ1) is 7.27. The van der Waals surface area contributed by atoms with E-state index < -0.39 is 0 Å². The zero-order chi connectivity index (χ0) is 10.7. The molecule has 0 unspecified atom stereocenters. The van der Waals surface area contributed by atoms with E-state index in [1.54, 1.807) is 6.07 Å². The molecule has 0 heterocycles. The lowest BCUT2D eigenvalue weighted by Gasteiger charge is -2.08. The van der Waals surface area contributed by atoms with Gasteiger partial charge in [0.2, 0.25) is 0 Å². The molecule has 2 aromatic carbocycles. The summed E-state index contributed by atoms with van der Waals surface area (Å²) in [4.78, 5) is 0. The molecule has 1 radical (unpaired) electrons. The Morgan fingerprint density at radius 3 is 2.40 bits per heavy atom. The average molecular weight is 218 g/mol. The van der Waals surface area contributed by atoms with Gasteiger partial charge < -0.3 is 4.74 Å². The lowest BCUT2D eigenvalue weighted by Crippen LogP contribution is -1.87. The topological polar surface area (TPSA) is 9.23 Å². The van der Waals surface area contributed by atoms with E-state index in [-0.39, 0.29) is 0 Å². The van der Waals surface area contributed by atoms with Gasteiger partial charge in [-0.2, -0.15) is 0 Å². The van der Waals surface area contributed by atoms with Crippen LogP contribution >= 0.6 is 11.6 Å². The zero-order valence-corrected chi connectivity index (χ0v) is 8.87. The Kier molecular flexibility index (Phi) is 2.93. The number of halogens is 1. The molecule has 0 spiro atoms. The molecule has 0 bridgehead atoms. The van der Waals surface area contributed by atoms with Crippen molar-refractivity contribution in [3.63, 3.8) is 0 Å². The van der Waals surface area contributed by atoms with E-state index in [1.807, 2.05) is 42.5 Å². The van der Waals surface area contributed by atoms with E-state index in [0.29, 0.717) is 16.3 Å². The monoisotopic (exact) mass is 217 g/mol. The van der Waals surface area contributed by atoms with Crippen molar-refractivity contribution >= 4 is 11.6 Å². The molecular weight excluding hydrogens is 208 g/mol. The molecule has 0 saturated heterocycles. The van der Waals surface area contributed by atoms with Gasteiger partial charge >= 0.3 is 0 Å². The molecule has 2 heteroatoms. The van der Waals surface area contributed by atoms with Crippen LogP contribution < -0.4 is 4.74 Å². The summed E-state index contributed by atoms with van der Waals surface area (Å²) in [6, 6.07) is 15.0. The van der Waals surface area contributed by atoms with Crippen LogP contribution in [0.25, 0.3) is 0 Å². The fourth-order valence-electron chi connectivity index (χ4n) is 1.25. The van der Waals surface area contributed by atoms with Crippen LogP contribution in [-0.4, -0.2) is 0 Å². The number of benzene rings is 2. The molecule has 0 aliphatic heterocycles. The van der Waals surface area contributed by atoms with Crippen molar-refractivity contribution in [1.29, 1.82) is 0 Å². The van der Waals surface area contributed by atoms with E-state index in [9.17, 15) is 0 Å². The van der Waals surface area contributed by atoms with Crippen LogP contribution in [0.15, 0.2) is 48.5 Å². The minimum atomic E-state index is 0.614. The molecule has 0 atom stereocenters. The van der Waals surface area contributed by atoms with Crippen molar-refractivity contribution < 1.29 is 4.74 Å². The molecule has 75 valence electrons. The maximum Gasteiger partial charge on any atom is 0.132 e. The van der Waals surface area contributed by atoms with Gasteiger partial charge in [-0.05, 0) is 31.2 Å². The Morgan fingerprint density at radius 2 is 1.67 bits per heavy atom. The largest absolute Gasteiger partial charge is 0.457 e. The fraction of sp³-hybridized carbons (Fsp3) is 0. The smallest absolute Gasteiger partial charge is 0.132 e. The van der Waals surface area contributed by atoms with Crippen LogP contribution in [0.5, 0.6) is 11.5 Å². The van der Waals surface area contributed by atoms with Crippen LogP contribution in [0.3, 0.4) is 0 Å². The first kappa shape index (κ1) is 10.1. The van der Waals surface area contributed by atoms with Crippen LogP contribution in [-0.2, 0) is 0 Å². The predicted molar refractivity (Wildman–Crippen MR) is 62.4 cm³/mol. The molecule has 0 amide bonds. The summed E-state index contributed by atoms with van der Waals surface area (Å²) in [5.74, 6) is 1.47. The molecule has 2 rings (SSSR count). The van der Waals surface area contributed by atoms with Gasteiger partial charge in [0.15, 0.2) is 0 Å². The molecule has 0 aromatic heterocycles. The Labute approximate surface area is 94.3 Å². The summed E-state index contributed by atoms with van der Waals surface area (Å²) in [6.07, 6.45) is 0. The van der Waals surface area contributed by atoms with E-state index in [0.717, 1.165) is 5.75 Å². The van der Waals surface area contributed by atoms with E-state index >= 15 is 0 Å². The van der Waals surface area contributed by atoms with Crippen LogP contribution in [0.2, 0.25) is 5.02 Å². The molecular formula is C13H10ClO. The van der Waals surface area contributed by atoms with Crippen LogP contribution in [0.1, 0.15) is 5.56 Å². The number of hydrogen-bond donors (Lipinski definition) is 0. The summed E-state index contributed by atoms with van der Waals surface area (Å²) in [7, 11) is 0. The summed E-state index contributed by atoms with van der Waals surface area (Å²) >= 11 is 5.94. The highest BCUT2D eigenvalue weighted by Crippen LogP contribution is 2.29. The van der Waals surface area contributed by atoms with Gasteiger partial charge in [0.25, 0.3) is 0 Å². The molecule has 1 nitrogen and oxygen atoms in total. The third-order valence-corrected chi connectivity index (χ3v) is 2.40. The Morgan fingerprint density at radius 1 is 0.933 bits per heavy atom. The standard InChI is InChI=1S/C13H10ClO/c1-10-12(14)8-5-9-13(10)15-11-6-3-2-4-7-11/h2-9H,1H2. The van der Waals surface area contributed by atoms with Gasteiger partial charge in [-0.3, -0.25) is 0 Å². The minimum Gasteiger partial charge on any atom is -0.457 e. The average Bonchev–Trinajstić information content (AvgIpc) is 2.26. The summed E-state index contributed by atoms with van der Waals surface area (Å²) in [6.45, 7) is 3.86. The molecule has 0 aliphatic carbocycles. The Bertz CT molecular complexity index is 451. The van der Waals surface area contributed by atoms with E-state index in [2.05, 4.69) is 6.92 Å². The lowest BCUT2D eigenvalue weighted by atomic mass is 10.2. The summed E-state index contributed by atoms with van der Waals surface area (Å²) in [5.41, 5.74) is 0.711. The summed E-state index contributed by atoms with van der Waals surface area (Å²) < 4.78 is 5.64. The Hall–Kier alpha value is -1.47. The van der Waals surface area contributed by atoms with Crippen molar-refractivity contribution in [3.8, 4) is 11.5 Å². The van der Waals surface area contributed by atoms with Gasteiger partial charge in [-0.15, -0.1) is 0 Å². The number of ether oxygens (including phenoxy) is 1.